The molecule has 1 unspecified atom stereocenters. The van der Waals surface area contributed by atoms with Gasteiger partial charge in [-0.25, -0.2) is 8.42 Å². The first kappa shape index (κ1) is 18.9. The van der Waals surface area contributed by atoms with Crippen LogP contribution in [-0.2, 0) is 25.8 Å². The van der Waals surface area contributed by atoms with Crippen molar-refractivity contribution in [1.82, 2.24) is 0 Å². The van der Waals surface area contributed by atoms with E-state index in [1.165, 1.54) is 19.1 Å². The molecule has 0 spiro atoms. The van der Waals surface area contributed by atoms with E-state index in [0.717, 1.165) is 23.6 Å². The van der Waals surface area contributed by atoms with E-state index in [0.29, 0.717) is 6.42 Å². The van der Waals surface area contributed by atoms with Crippen LogP contribution in [0.15, 0.2) is 29.2 Å². The lowest BCUT2D eigenvalue weighted by molar-refractivity contribution is -0.127. The predicted octanol–water partition coefficient (Wildman–Crippen LogP) is 2.90. The van der Waals surface area contributed by atoms with Crippen molar-refractivity contribution in [3.8, 4) is 0 Å². The van der Waals surface area contributed by atoms with Gasteiger partial charge in [-0.2, -0.15) is 0 Å². The minimum Gasteiger partial charge on any atom is -0.299 e. The third kappa shape index (κ3) is 5.93. The Kier molecular flexibility index (Phi) is 5.98. The molecule has 6 heteroatoms. The van der Waals surface area contributed by atoms with Gasteiger partial charge in [0, 0.05) is 11.0 Å². The summed E-state index contributed by atoms with van der Waals surface area (Å²) in [6.45, 7) is 7.19. The highest BCUT2D eigenvalue weighted by atomic mass is 32.2. The van der Waals surface area contributed by atoms with E-state index in [9.17, 15) is 18.0 Å². The Morgan fingerprint density at radius 1 is 1.14 bits per heavy atom. The number of thioether (sulfide) groups is 1. The van der Waals surface area contributed by atoms with Crippen molar-refractivity contribution in [2.75, 3.05) is 6.26 Å². The van der Waals surface area contributed by atoms with Crippen molar-refractivity contribution >= 4 is 32.5 Å². The second kappa shape index (κ2) is 6.96. The second-order valence-electron chi connectivity index (χ2n) is 6.32. The van der Waals surface area contributed by atoms with Gasteiger partial charge in [0.1, 0.15) is 5.78 Å². The number of benzene rings is 1. The van der Waals surface area contributed by atoms with E-state index in [1.54, 1.807) is 12.1 Å². The van der Waals surface area contributed by atoms with Gasteiger partial charge in [0.25, 0.3) is 0 Å². The van der Waals surface area contributed by atoms with Gasteiger partial charge in [-0.05, 0) is 31.0 Å². The molecule has 0 aliphatic rings. The van der Waals surface area contributed by atoms with E-state index in [4.69, 9.17) is 0 Å². The molecule has 0 amide bonds. The molecule has 0 saturated carbocycles. The van der Waals surface area contributed by atoms with Crippen molar-refractivity contribution in [3.05, 3.63) is 29.8 Å². The summed E-state index contributed by atoms with van der Waals surface area (Å²) in [6.07, 6.45) is 1.44. The number of hydrogen-bond acceptors (Lipinski definition) is 5. The lowest BCUT2D eigenvalue weighted by Crippen LogP contribution is -2.25. The zero-order chi connectivity index (χ0) is 17.1. The Balaban J connectivity index is 2.93. The molecule has 0 radical (unpaired) electrons. The van der Waals surface area contributed by atoms with Crippen LogP contribution in [0.25, 0.3) is 0 Å². The Morgan fingerprint density at radius 2 is 1.64 bits per heavy atom. The normalized spacial score (nSPS) is 13.7. The van der Waals surface area contributed by atoms with Crippen molar-refractivity contribution in [3.63, 3.8) is 0 Å². The van der Waals surface area contributed by atoms with Crippen molar-refractivity contribution in [2.24, 2.45) is 5.92 Å². The number of carbonyl (C=O) groups is 2. The zero-order valence-corrected chi connectivity index (χ0v) is 15.2. The average Bonchev–Trinajstić information content (AvgIpc) is 2.32. The molecule has 0 heterocycles. The molecule has 0 aliphatic carbocycles. The van der Waals surface area contributed by atoms with E-state index in [2.05, 4.69) is 0 Å². The Morgan fingerprint density at radius 3 is 2.00 bits per heavy atom. The maximum absolute atomic E-state index is 12.3. The van der Waals surface area contributed by atoms with Crippen LogP contribution in [0.1, 0.15) is 33.3 Å². The molecule has 1 atom stereocenters. The first-order valence-corrected chi connectivity index (χ1v) is 9.63. The quantitative estimate of drug-likeness (QED) is 0.770. The van der Waals surface area contributed by atoms with Crippen LogP contribution < -0.4 is 0 Å². The molecule has 1 aromatic rings. The third-order valence-electron chi connectivity index (χ3n) is 2.97. The van der Waals surface area contributed by atoms with Crippen LogP contribution in [0.3, 0.4) is 0 Å². The van der Waals surface area contributed by atoms with E-state index < -0.39 is 15.8 Å². The molecular weight excluding hydrogens is 320 g/mol. The third-order valence-corrected chi connectivity index (χ3v) is 5.20. The molecule has 22 heavy (non-hydrogen) atoms. The minimum atomic E-state index is -3.24. The second-order valence-corrected chi connectivity index (χ2v) is 10.2. The van der Waals surface area contributed by atoms with Crippen LogP contribution in [0.2, 0.25) is 0 Å². The highest BCUT2D eigenvalue weighted by Gasteiger charge is 2.28. The van der Waals surface area contributed by atoms with Crippen LogP contribution in [0.4, 0.5) is 0 Å². The number of carbonyl (C=O) groups excluding carboxylic acids is 2. The molecule has 1 rings (SSSR count). The predicted molar refractivity (Wildman–Crippen MR) is 89.8 cm³/mol. The number of sulfone groups is 1. The molecule has 4 nitrogen and oxygen atoms in total. The molecule has 0 aromatic heterocycles. The van der Waals surface area contributed by atoms with E-state index in [1.807, 2.05) is 20.8 Å². The Labute approximate surface area is 136 Å². The minimum absolute atomic E-state index is 0.146. The van der Waals surface area contributed by atoms with E-state index >= 15 is 0 Å². The molecule has 0 fully saturated rings. The number of ketones is 1. The summed E-state index contributed by atoms with van der Waals surface area (Å²) in [6, 6.07) is 6.31. The fraction of sp³-hybridized carbons (Fsp3) is 0.500. The summed E-state index contributed by atoms with van der Waals surface area (Å²) in [5.74, 6) is -0.873. The Hall–Kier alpha value is -1.14. The lowest BCUT2D eigenvalue weighted by Gasteiger charge is -2.20. The first-order valence-electron chi connectivity index (χ1n) is 6.92. The monoisotopic (exact) mass is 342 g/mol. The van der Waals surface area contributed by atoms with Gasteiger partial charge in [-0.1, -0.05) is 44.7 Å². The van der Waals surface area contributed by atoms with Gasteiger partial charge >= 0.3 is 0 Å². The van der Waals surface area contributed by atoms with Gasteiger partial charge in [0.2, 0.25) is 0 Å². The summed E-state index contributed by atoms with van der Waals surface area (Å²) >= 11 is 1.16. The average molecular weight is 342 g/mol. The smallest absolute Gasteiger partial charge is 0.200 e. The summed E-state index contributed by atoms with van der Waals surface area (Å²) < 4.78 is 22.6. The summed E-state index contributed by atoms with van der Waals surface area (Å²) in [5.41, 5.74) is 0.774. The fourth-order valence-electron chi connectivity index (χ4n) is 1.87. The molecule has 0 N–H and O–H groups in total. The lowest BCUT2D eigenvalue weighted by atomic mass is 9.97. The van der Waals surface area contributed by atoms with Crippen LogP contribution in [0.5, 0.6) is 0 Å². The standard InChI is InChI=1S/C16H22O4S2/c1-11(17)14(15(18)21-16(2,3)4)10-12-6-8-13(9-7-12)22(5,19)20/h6-9,14H,10H2,1-5H3. The summed E-state index contributed by atoms with van der Waals surface area (Å²) in [4.78, 5) is 24.3. The Bertz CT molecular complexity index is 652. The molecule has 0 bridgehead atoms. The van der Waals surface area contributed by atoms with Gasteiger partial charge < -0.3 is 0 Å². The summed E-state index contributed by atoms with van der Waals surface area (Å²) in [7, 11) is -3.24. The van der Waals surface area contributed by atoms with Crippen molar-refractivity contribution in [2.45, 2.75) is 43.8 Å². The molecule has 1 aromatic carbocycles. The summed E-state index contributed by atoms with van der Waals surface area (Å²) in [5, 5.41) is -0.146. The number of Topliss-reactive ketones (excluding diaryl/α,β-unsaturated/α-hetero) is 1. The highest BCUT2D eigenvalue weighted by Crippen LogP contribution is 2.29. The van der Waals surface area contributed by atoms with Crippen molar-refractivity contribution < 1.29 is 18.0 Å². The maximum Gasteiger partial charge on any atom is 0.200 e. The maximum atomic E-state index is 12.3. The van der Waals surface area contributed by atoms with Gasteiger partial charge in [-0.15, -0.1) is 0 Å². The molecule has 122 valence electrons. The van der Waals surface area contributed by atoms with Crippen LogP contribution in [0, 0.1) is 5.92 Å². The fourth-order valence-corrected chi connectivity index (χ4v) is 3.50. The zero-order valence-electron chi connectivity index (χ0n) is 13.5. The van der Waals surface area contributed by atoms with Crippen molar-refractivity contribution in [1.29, 1.82) is 0 Å². The van der Waals surface area contributed by atoms with Crippen LogP contribution >= 0.6 is 11.8 Å². The number of hydrogen-bond donors (Lipinski definition) is 0. The van der Waals surface area contributed by atoms with Gasteiger partial charge in [-0.3, -0.25) is 9.59 Å². The van der Waals surface area contributed by atoms with E-state index in [-0.39, 0.29) is 20.5 Å². The topological polar surface area (TPSA) is 68.3 Å². The van der Waals surface area contributed by atoms with Gasteiger partial charge in [0.05, 0.1) is 10.8 Å². The largest absolute Gasteiger partial charge is 0.299 e. The molecule has 0 aliphatic heterocycles. The molecular formula is C16H22O4S2. The van der Waals surface area contributed by atoms with Gasteiger partial charge in [0.15, 0.2) is 15.0 Å². The SMILES string of the molecule is CC(=O)C(Cc1ccc(S(C)(=O)=O)cc1)C(=O)SC(C)(C)C. The van der Waals surface area contributed by atoms with Crippen LogP contribution in [-0.4, -0.2) is 30.3 Å². The number of rotatable bonds is 5. The highest BCUT2D eigenvalue weighted by molar-refractivity contribution is 8.14. The molecule has 0 saturated heterocycles. The first-order chi connectivity index (χ1) is 9.90.